The fourth-order valence-electron chi connectivity index (χ4n) is 2.47. The average Bonchev–Trinajstić information content (AvgIpc) is 2.87. The number of ether oxygens (including phenoxy) is 1. The van der Waals surface area contributed by atoms with Gasteiger partial charge in [-0.1, -0.05) is 28.9 Å². The van der Waals surface area contributed by atoms with Gasteiger partial charge in [0.05, 0.1) is 19.1 Å². The number of halogens is 2. The smallest absolute Gasteiger partial charge is 0.310 e. The third kappa shape index (κ3) is 3.37. The minimum atomic E-state index is -0.859. The fraction of sp³-hybridized carbons (Fsp3) is 0.500. The van der Waals surface area contributed by atoms with E-state index in [1.54, 1.807) is 12.1 Å². The zero-order chi connectivity index (χ0) is 14.7. The molecular weight excluding hydrogens is 329 g/mol. The number of hydrogen-bond acceptors (Lipinski definition) is 3. The van der Waals surface area contributed by atoms with Crippen LogP contribution in [0.15, 0.2) is 22.7 Å². The number of benzene rings is 1. The third-order valence-corrected chi connectivity index (χ3v) is 4.12. The maximum Gasteiger partial charge on any atom is 0.310 e. The number of aliphatic carboxylic acids is 1. The Bertz CT molecular complexity index is 497. The van der Waals surface area contributed by atoms with E-state index in [2.05, 4.69) is 15.9 Å². The highest BCUT2D eigenvalue weighted by Crippen LogP contribution is 2.23. The molecule has 0 radical (unpaired) electrons. The summed E-state index contributed by atoms with van der Waals surface area (Å²) in [5.41, 5.74) is 0.561. The quantitative estimate of drug-likeness (QED) is 0.890. The van der Waals surface area contributed by atoms with Crippen LogP contribution in [0.5, 0.6) is 0 Å². The van der Waals surface area contributed by atoms with Gasteiger partial charge in [0.2, 0.25) is 0 Å². The molecule has 1 N–H and O–H groups in total. The van der Waals surface area contributed by atoms with Gasteiger partial charge < -0.3 is 9.84 Å². The van der Waals surface area contributed by atoms with Crippen LogP contribution in [0.25, 0.3) is 0 Å². The normalized spacial score (nSPS) is 22.4. The molecular formula is C14H17BrFNO3. The minimum absolute atomic E-state index is 0.208. The van der Waals surface area contributed by atoms with Crippen molar-refractivity contribution < 1.29 is 19.0 Å². The summed E-state index contributed by atoms with van der Waals surface area (Å²) < 4.78 is 19.9. The first kappa shape index (κ1) is 15.4. The SMILES string of the molecule is CCN(Cc1ccc(Br)cc1F)C1COCC1C(=O)O. The second-order valence-electron chi connectivity index (χ2n) is 4.85. The van der Waals surface area contributed by atoms with E-state index in [0.717, 1.165) is 0 Å². The fourth-order valence-corrected chi connectivity index (χ4v) is 2.80. The Labute approximate surface area is 125 Å². The van der Waals surface area contributed by atoms with Crippen LogP contribution in [0.1, 0.15) is 12.5 Å². The summed E-state index contributed by atoms with van der Waals surface area (Å²) in [6, 6.07) is 4.71. The maximum absolute atomic E-state index is 13.9. The average molecular weight is 346 g/mol. The van der Waals surface area contributed by atoms with Crippen molar-refractivity contribution in [1.82, 2.24) is 4.90 Å². The lowest BCUT2D eigenvalue weighted by atomic mass is 10.0. The van der Waals surface area contributed by atoms with Crippen molar-refractivity contribution in [3.8, 4) is 0 Å². The number of likely N-dealkylation sites (N-methyl/N-ethyl adjacent to an activating group) is 1. The van der Waals surface area contributed by atoms with Crippen molar-refractivity contribution in [3.05, 3.63) is 34.1 Å². The third-order valence-electron chi connectivity index (χ3n) is 3.63. The van der Waals surface area contributed by atoms with Crippen LogP contribution in [0.3, 0.4) is 0 Å². The van der Waals surface area contributed by atoms with Crippen LogP contribution in [0, 0.1) is 11.7 Å². The first-order valence-electron chi connectivity index (χ1n) is 6.51. The van der Waals surface area contributed by atoms with Gasteiger partial charge in [-0.15, -0.1) is 0 Å². The molecule has 2 rings (SSSR count). The molecule has 0 amide bonds. The van der Waals surface area contributed by atoms with Crippen molar-refractivity contribution in [2.45, 2.75) is 19.5 Å². The molecule has 0 aromatic heterocycles. The van der Waals surface area contributed by atoms with Gasteiger partial charge in [0.25, 0.3) is 0 Å². The maximum atomic E-state index is 13.9. The van der Waals surface area contributed by atoms with Crippen molar-refractivity contribution in [1.29, 1.82) is 0 Å². The molecule has 6 heteroatoms. The molecule has 1 saturated heterocycles. The number of hydrogen-bond donors (Lipinski definition) is 1. The Hall–Kier alpha value is -0.980. The van der Waals surface area contributed by atoms with Crippen molar-refractivity contribution in [2.75, 3.05) is 19.8 Å². The second-order valence-corrected chi connectivity index (χ2v) is 5.76. The summed E-state index contributed by atoms with van der Waals surface area (Å²) in [5.74, 6) is -1.70. The molecule has 1 aromatic carbocycles. The van der Waals surface area contributed by atoms with E-state index in [-0.39, 0.29) is 18.5 Å². The molecule has 0 saturated carbocycles. The van der Waals surface area contributed by atoms with Crippen LogP contribution in [-0.2, 0) is 16.1 Å². The largest absolute Gasteiger partial charge is 0.481 e. The Morgan fingerprint density at radius 2 is 2.30 bits per heavy atom. The van der Waals surface area contributed by atoms with E-state index >= 15 is 0 Å². The molecule has 1 aliphatic heterocycles. The number of rotatable bonds is 5. The molecule has 4 nitrogen and oxygen atoms in total. The second kappa shape index (κ2) is 6.65. The highest BCUT2D eigenvalue weighted by atomic mass is 79.9. The van der Waals surface area contributed by atoms with Gasteiger partial charge in [-0.3, -0.25) is 9.69 Å². The highest BCUT2D eigenvalue weighted by Gasteiger charge is 2.37. The number of nitrogens with zero attached hydrogens (tertiary/aromatic N) is 1. The highest BCUT2D eigenvalue weighted by molar-refractivity contribution is 9.10. The van der Waals surface area contributed by atoms with Crippen LogP contribution in [-0.4, -0.2) is 41.8 Å². The summed E-state index contributed by atoms with van der Waals surface area (Å²) in [7, 11) is 0. The van der Waals surface area contributed by atoms with Gasteiger partial charge in [-0.25, -0.2) is 4.39 Å². The lowest BCUT2D eigenvalue weighted by molar-refractivity contribution is -0.143. The molecule has 110 valence electrons. The summed E-state index contributed by atoms with van der Waals surface area (Å²) in [6.45, 7) is 3.57. The molecule has 1 aliphatic rings. The summed E-state index contributed by atoms with van der Waals surface area (Å²) in [6.07, 6.45) is 0. The predicted octanol–water partition coefficient (Wildman–Crippen LogP) is 2.51. The molecule has 2 unspecified atom stereocenters. The van der Waals surface area contributed by atoms with Gasteiger partial charge in [0.1, 0.15) is 5.82 Å². The molecule has 20 heavy (non-hydrogen) atoms. The summed E-state index contributed by atoms with van der Waals surface area (Å²) in [4.78, 5) is 13.2. The van der Waals surface area contributed by atoms with Crippen LogP contribution < -0.4 is 0 Å². The summed E-state index contributed by atoms with van der Waals surface area (Å²) >= 11 is 3.22. The zero-order valence-corrected chi connectivity index (χ0v) is 12.8. The van der Waals surface area contributed by atoms with E-state index in [1.807, 2.05) is 11.8 Å². The van der Waals surface area contributed by atoms with Gasteiger partial charge in [-0.05, 0) is 18.7 Å². The predicted molar refractivity (Wildman–Crippen MR) is 75.9 cm³/mol. The van der Waals surface area contributed by atoms with Gasteiger partial charge >= 0.3 is 5.97 Å². The monoisotopic (exact) mass is 345 g/mol. The Kier molecular flexibility index (Phi) is 5.12. The zero-order valence-electron chi connectivity index (χ0n) is 11.2. The van der Waals surface area contributed by atoms with Crippen molar-refractivity contribution >= 4 is 21.9 Å². The lowest BCUT2D eigenvalue weighted by Gasteiger charge is -2.29. The molecule has 2 atom stereocenters. The van der Waals surface area contributed by atoms with E-state index in [1.165, 1.54) is 6.07 Å². The Morgan fingerprint density at radius 1 is 1.55 bits per heavy atom. The topological polar surface area (TPSA) is 49.8 Å². The van der Waals surface area contributed by atoms with Crippen molar-refractivity contribution in [3.63, 3.8) is 0 Å². The van der Waals surface area contributed by atoms with E-state index in [9.17, 15) is 14.3 Å². The number of carbonyl (C=O) groups is 1. The standard InChI is InChI=1S/C14H17BrFNO3/c1-2-17(13-8-20-7-11(13)14(18)19)6-9-3-4-10(15)5-12(9)16/h3-5,11,13H,2,6-8H2,1H3,(H,18,19). The molecule has 1 aromatic rings. The lowest BCUT2D eigenvalue weighted by Crippen LogP contribution is -2.42. The van der Waals surface area contributed by atoms with E-state index in [4.69, 9.17) is 4.74 Å². The van der Waals surface area contributed by atoms with E-state index < -0.39 is 11.9 Å². The van der Waals surface area contributed by atoms with Crippen LogP contribution in [0.4, 0.5) is 4.39 Å². The first-order chi connectivity index (χ1) is 9.52. The molecule has 1 heterocycles. The van der Waals surface area contributed by atoms with Crippen LogP contribution >= 0.6 is 15.9 Å². The van der Waals surface area contributed by atoms with Gasteiger partial charge in [0.15, 0.2) is 0 Å². The summed E-state index contributed by atoms with van der Waals surface area (Å²) in [5, 5.41) is 9.20. The first-order valence-corrected chi connectivity index (χ1v) is 7.30. The number of carboxylic acids is 1. The molecule has 0 bridgehead atoms. The van der Waals surface area contributed by atoms with Gasteiger partial charge in [-0.2, -0.15) is 0 Å². The van der Waals surface area contributed by atoms with Crippen molar-refractivity contribution in [2.24, 2.45) is 5.92 Å². The van der Waals surface area contributed by atoms with Crippen LogP contribution in [0.2, 0.25) is 0 Å². The molecule has 0 aliphatic carbocycles. The van der Waals surface area contributed by atoms with E-state index in [0.29, 0.717) is 29.7 Å². The minimum Gasteiger partial charge on any atom is -0.481 e. The number of carboxylic acid groups (broad SMARTS) is 1. The Morgan fingerprint density at radius 3 is 2.90 bits per heavy atom. The molecule has 0 spiro atoms. The Balaban J connectivity index is 2.14. The molecule has 1 fully saturated rings. The van der Waals surface area contributed by atoms with Gasteiger partial charge in [0, 0.05) is 22.6 Å².